The maximum Gasteiger partial charge on any atom is 0.176 e. The van der Waals surface area contributed by atoms with Crippen LogP contribution in [-0.2, 0) is 5.41 Å². The molecule has 0 N–H and O–H groups in total. The molecule has 1 aliphatic heterocycles. The second-order valence-electron chi connectivity index (χ2n) is 5.72. The van der Waals surface area contributed by atoms with Crippen LogP contribution < -0.4 is 4.90 Å². The molecule has 0 spiro atoms. The highest BCUT2D eigenvalue weighted by Gasteiger charge is 2.29. The third-order valence-corrected chi connectivity index (χ3v) is 2.87. The summed E-state index contributed by atoms with van der Waals surface area (Å²) in [6, 6.07) is 1.94. The molecule has 1 fully saturated rings. The molecular weight excluding hydrogens is 206 g/mol. The quantitative estimate of drug-likeness (QED) is 0.539. The van der Waals surface area contributed by atoms with Crippen molar-refractivity contribution in [2.24, 2.45) is 0 Å². The van der Waals surface area contributed by atoms with Gasteiger partial charge in [-0.25, -0.2) is 0 Å². The van der Waals surface area contributed by atoms with Crippen molar-refractivity contribution in [2.45, 2.75) is 26.2 Å². The van der Waals surface area contributed by atoms with Crippen LogP contribution in [0.4, 0.5) is 5.82 Å². The van der Waals surface area contributed by atoms with Crippen LogP contribution in [0.3, 0.4) is 0 Å². The summed E-state index contributed by atoms with van der Waals surface area (Å²) in [6.45, 7) is 8.04. The highest BCUT2D eigenvalue weighted by molar-refractivity contribution is 5.39. The second kappa shape index (κ2) is 3.46. The molecule has 16 heavy (non-hydrogen) atoms. The van der Waals surface area contributed by atoms with Crippen molar-refractivity contribution in [3.05, 3.63) is 17.0 Å². The van der Waals surface area contributed by atoms with Gasteiger partial charge in [0.2, 0.25) is 0 Å². The summed E-state index contributed by atoms with van der Waals surface area (Å²) >= 11 is 0. The Hall–Kier alpha value is -1.07. The highest BCUT2D eigenvalue weighted by Crippen LogP contribution is 2.27. The minimum Gasteiger partial charge on any atom is -0.632 e. The van der Waals surface area contributed by atoms with Gasteiger partial charge < -0.3 is 19.3 Å². The van der Waals surface area contributed by atoms with E-state index in [4.69, 9.17) is 4.52 Å². The van der Waals surface area contributed by atoms with Gasteiger partial charge in [0, 0.05) is 11.5 Å². The Kier molecular flexibility index (Phi) is 2.47. The first-order valence-electron chi connectivity index (χ1n) is 5.56. The van der Waals surface area contributed by atoms with Crippen LogP contribution in [0, 0.1) is 5.21 Å². The molecule has 1 aliphatic rings. The fourth-order valence-corrected chi connectivity index (χ4v) is 1.79. The van der Waals surface area contributed by atoms with Crippen LogP contribution in [0.15, 0.2) is 10.6 Å². The van der Waals surface area contributed by atoms with Crippen molar-refractivity contribution >= 4 is 5.82 Å². The first-order chi connectivity index (χ1) is 7.28. The van der Waals surface area contributed by atoms with Crippen LogP contribution in [-0.4, -0.2) is 36.6 Å². The van der Waals surface area contributed by atoms with E-state index >= 15 is 0 Å². The van der Waals surface area contributed by atoms with E-state index in [0.717, 1.165) is 18.1 Å². The molecule has 0 amide bonds. The molecule has 1 aromatic heterocycles. The van der Waals surface area contributed by atoms with Gasteiger partial charge in [-0.05, 0) is 0 Å². The van der Waals surface area contributed by atoms with Gasteiger partial charge in [-0.15, -0.1) is 0 Å². The molecule has 1 unspecified atom stereocenters. The molecule has 5 nitrogen and oxygen atoms in total. The lowest BCUT2D eigenvalue weighted by molar-refractivity contribution is -0.846. The number of likely N-dealkylation sites (N-methyl/N-ethyl adjacent to an activating group) is 1. The molecule has 2 rings (SSSR count). The molecule has 1 saturated heterocycles. The molecule has 0 bridgehead atoms. The lowest BCUT2D eigenvalue weighted by Crippen LogP contribution is -2.36. The number of rotatable bonds is 1. The SMILES string of the molecule is CC(C)(C)c1cc(N2CC[N+](C)([O-])C2)no1. The van der Waals surface area contributed by atoms with E-state index in [1.54, 1.807) is 7.05 Å². The van der Waals surface area contributed by atoms with Crippen LogP contribution in [0.2, 0.25) is 0 Å². The summed E-state index contributed by atoms with van der Waals surface area (Å²) in [5.41, 5.74) is -0.0411. The fraction of sp³-hybridized carbons (Fsp3) is 0.727. The first-order valence-corrected chi connectivity index (χ1v) is 5.56. The maximum absolute atomic E-state index is 11.7. The average molecular weight is 225 g/mol. The third kappa shape index (κ3) is 2.20. The van der Waals surface area contributed by atoms with Crippen molar-refractivity contribution in [1.29, 1.82) is 0 Å². The molecule has 0 aliphatic carbocycles. The van der Waals surface area contributed by atoms with Gasteiger partial charge in [-0.3, -0.25) is 0 Å². The summed E-state index contributed by atoms with van der Waals surface area (Å²) in [7, 11) is 1.69. The van der Waals surface area contributed by atoms with E-state index in [2.05, 4.69) is 25.9 Å². The van der Waals surface area contributed by atoms with E-state index in [0.29, 0.717) is 13.2 Å². The number of hydrogen-bond donors (Lipinski definition) is 0. The molecule has 0 saturated carbocycles. The maximum atomic E-state index is 11.7. The molecular formula is C11H19N3O2. The Balaban J connectivity index is 2.15. The van der Waals surface area contributed by atoms with Gasteiger partial charge in [0.1, 0.15) is 5.76 Å². The van der Waals surface area contributed by atoms with E-state index in [1.165, 1.54) is 0 Å². The predicted molar refractivity (Wildman–Crippen MR) is 61.8 cm³/mol. The highest BCUT2D eigenvalue weighted by atomic mass is 16.5. The van der Waals surface area contributed by atoms with E-state index in [-0.39, 0.29) is 10.1 Å². The smallest absolute Gasteiger partial charge is 0.176 e. The number of nitrogens with zero attached hydrogens (tertiary/aromatic N) is 3. The molecule has 5 heteroatoms. The number of hydroxylamine groups is 3. The Bertz CT molecular complexity index is 379. The lowest BCUT2D eigenvalue weighted by Gasteiger charge is -2.32. The molecule has 1 aromatic rings. The standard InChI is InChI=1S/C11H19N3O2/c1-11(2,3)9-7-10(12-16-9)13-5-6-14(4,15)8-13/h7H,5-6,8H2,1-4H3. The summed E-state index contributed by atoms with van der Waals surface area (Å²) in [5, 5.41) is 15.8. The Morgan fingerprint density at radius 3 is 2.62 bits per heavy atom. The Morgan fingerprint density at radius 2 is 2.19 bits per heavy atom. The predicted octanol–water partition coefficient (Wildman–Crippen LogP) is 1.69. The zero-order valence-electron chi connectivity index (χ0n) is 10.4. The van der Waals surface area contributed by atoms with Crippen molar-refractivity contribution in [2.75, 3.05) is 31.7 Å². The normalized spacial score (nSPS) is 26.4. The first kappa shape index (κ1) is 11.4. The largest absolute Gasteiger partial charge is 0.632 e. The van der Waals surface area contributed by atoms with E-state index in [9.17, 15) is 5.21 Å². The number of anilines is 1. The van der Waals surface area contributed by atoms with Crippen LogP contribution in [0.1, 0.15) is 26.5 Å². The number of aromatic nitrogens is 1. The lowest BCUT2D eigenvalue weighted by atomic mass is 9.93. The average Bonchev–Trinajstić information content (AvgIpc) is 2.68. The summed E-state index contributed by atoms with van der Waals surface area (Å²) < 4.78 is 5.08. The van der Waals surface area contributed by atoms with Gasteiger partial charge in [0.25, 0.3) is 0 Å². The van der Waals surface area contributed by atoms with E-state index in [1.807, 2.05) is 11.0 Å². The van der Waals surface area contributed by atoms with Gasteiger partial charge in [-0.2, -0.15) is 0 Å². The fourth-order valence-electron chi connectivity index (χ4n) is 1.79. The second-order valence-corrected chi connectivity index (χ2v) is 5.72. The topological polar surface area (TPSA) is 52.3 Å². The third-order valence-electron chi connectivity index (χ3n) is 2.87. The van der Waals surface area contributed by atoms with E-state index < -0.39 is 0 Å². The molecule has 0 aromatic carbocycles. The minimum atomic E-state index is -0.224. The molecule has 0 radical (unpaired) electrons. The van der Waals surface area contributed by atoms with Gasteiger partial charge in [0.15, 0.2) is 12.5 Å². The molecule has 2 heterocycles. The van der Waals surface area contributed by atoms with Crippen molar-refractivity contribution < 1.29 is 9.17 Å². The molecule has 90 valence electrons. The molecule has 1 atom stereocenters. The zero-order chi connectivity index (χ0) is 12.0. The Morgan fingerprint density at radius 1 is 1.50 bits per heavy atom. The van der Waals surface area contributed by atoms with Gasteiger partial charge >= 0.3 is 0 Å². The van der Waals surface area contributed by atoms with Gasteiger partial charge in [-0.1, -0.05) is 25.9 Å². The summed E-state index contributed by atoms with van der Waals surface area (Å²) in [5.74, 6) is 1.64. The van der Waals surface area contributed by atoms with Crippen molar-refractivity contribution in [1.82, 2.24) is 5.16 Å². The van der Waals surface area contributed by atoms with Crippen LogP contribution in [0.5, 0.6) is 0 Å². The monoisotopic (exact) mass is 225 g/mol. The van der Waals surface area contributed by atoms with Crippen molar-refractivity contribution in [3.63, 3.8) is 0 Å². The van der Waals surface area contributed by atoms with Gasteiger partial charge in [0.05, 0.1) is 20.1 Å². The summed E-state index contributed by atoms with van der Waals surface area (Å²) in [6.07, 6.45) is 0. The summed E-state index contributed by atoms with van der Waals surface area (Å²) in [4.78, 5) is 1.98. The minimum absolute atomic E-state index is 0.0411. The zero-order valence-corrected chi connectivity index (χ0v) is 10.4. The number of hydrogen-bond acceptors (Lipinski definition) is 4. The van der Waals surface area contributed by atoms with Crippen LogP contribution >= 0.6 is 0 Å². The van der Waals surface area contributed by atoms with Crippen LogP contribution in [0.25, 0.3) is 0 Å². The van der Waals surface area contributed by atoms with Crippen molar-refractivity contribution in [3.8, 4) is 0 Å². The number of quaternary nitrogens is 1. The Labute approximate surface area is 95.8 Å².